The lowest BCUT2D eigenvalue weighted by Gasteiger charge is -2.40. The number of alkyl halides is 2. The fraction of sp³-hybridized carbons (Fsp3) is 0.375. The maximum absolute atomic E-state index is 14.7. The third kappa shape index (κ3) is 3.99. The predicted octanol–water partition coefficient (Wildman–Crippen LogP) is 2.54. The molecule has 11 heteroatoms. The first-order valence-corrected chi connectivity index (χ1v) is 11.2. The fourth-order valence-corrected chi connectivity index (χ4v) is 4.67. The summed E-state index contributed by atoms with van der Waals surface area (Å²) >= 11 is 0. The Hall–Kier alpha value is -3.60. The van der Waals surface area contributed by atoms with Crippen LogP contribution in [0.2, 0.25) is 0 Å². The van der Waals surface area contributed by atoms with Crippen LogP contribution in [-0.4, -0.2) is 50.3 Å². The zero-order valence-corrected chi connectivity index (χ0v) is 18.6. The predicted molar refractivity (Wildman–Crippen MR) is 121 cm³/mol. The van der Waals surface area contributed by atoms with Gasteiger partial charge in [0.2, 0.25) is 0 Å². The Labute approximate surface area is 197 Å². The van der Waals surface area contributed by atoms with E-state index in [1.165, 1.54) is 18.3 Å². The molecule has 4 N–H and O–H groups in total. The normalized spacial score (nSPS) is 17.8. The van der Waals surface area contributed by atoms with Gasteiger partial charge in [-0.1, -0.05) is 12.1 Å². The molecule has 2 aromatic heterocycles. The van der Waals surface area contributed by atoms with E-state index in [9.17, 15) is 33.0 Å². The van der Waals surface area contributed by atoms with Crippen molar-refractivity contribution in [1.29, 1.82) is 0 Å². The number of anilines is 1. The third-order valence-corrected chi connectivity index (χ3v) is 6.76. The molecule has 35 heavy (non-hydrogen) atoms. The molecule has 0 saturated heterocycles. The average Bonchev–Trinajstić information content (AvgIpc) is 2.94. The summed E-state index contributed by atoms with van der Waals surface area (Å²) in [6.07, 6.45) is 3.33. The van der Waals surface area contributed by atoms with Gasteiger partial charge in [0.15, 0.2) is 5.75 Å². The van der Waals surface area contributed by atoms with E-state index in [2.05, 4.69) is 15.6 Å². The second-order valence-electron chi connectivity index (χ2n) is 9.23. The van der Waals surface area contributed by atoms with Crippen molar-refractivity contribution in [3.63, 3.8) is 0 Å². The van der Waals surface area contributed by atoms with Gasteiger partial charge in [-0.05, 0) is 37.0 Å². The third-order valence-electron chi connectivity index (χ3n) is 6.76. The minimum absolute atomic E-state index is 0.0404. The number of benzene rings is 1. The number of carbonyl (C=O) groups excluding carboxylic acids is 1. The van der Waals surface area contributed by atoms with E-state index in [0.717, 1.165) is 11.0 Å². The zero-order chi connectivity index (χ0) is 25.0. The van der Waals surface area contributed by atoms with Crippen molar-refractivity contribution in [3.05, 3.63) is 63.3 Å². The van der Waals surface area contributed by atoms with Crippen LogP contribution in [0.25, 0.3) is 11.0 Å². The van der Waals surface area contributed by atoms with E-state index < -0.39 is 53.1 Å². The van der Waals surface area contributed by atoms with Crippen molar-refractivity contribution in [1.82, 2.24) is 14.9 Å². The van der Waals surface area contributed by atoms with Crippen LogP contribution < -0.4 is 16.2 Å². The molecule has 1 amide bonds. The van der Waals surface area contributed by atoms with Crippen LogP contribution in [0.3, 0.4) is 0 Å². The van der Waals surface area contributed by atoms with E-state index >= 15 is 0 Å². The molecular formula is C24H23F3N4O4. The highest BCUT2D eigenvalue weighted by atomic mass is 19.3. The molecule has 1 aromatic carbocycles. The molecular weight excluding hydrogens is 465 g/mol. The van der Waals surface area contributed by atoms with Crippen LogP contribution >= 0.6 is 0 Å². The van der Waals surface area contributed by atoms with Crippen LogP contribution in [0, 0.1) is 5.82 Å². The summed E-state index contributed by atoms with van der Waals surface area (Å²) in [4.78, 5) is 30.6. The molecule has 2 aliphatic rings. The van der Waals surface area contributed by atoms with E-state index in [1.54, 1.807) is 12.1 Å². The van der Waals surface area contributed by atoms with E-state index in [1.807, 2.05) is 0 Å². The first kappa shape index (κ1) is 23.2. The lowest BCUT2D eigenvalue weighted by atomic mass is 9.77. The van der Waals surface area contributed by atoms with Gasteiger partial charge in [-0.3, -0.25) is 19.1 Å². The van der Waals surface area contributed by atoms with Gasteiger partial charge in [0, 0.05) is 18.2 Å². The lowest BCUT2D eigenvalue weighted by molar-refractivity contribution is -0.000965. The minimum Gasteiger partial charge on any atom is -0.505 e. The van der Waals surface area contributed by atoms with Gasteiger partial charge < -0.3 is 20.8 Å². The number of carbonyl (C=O) groups is 1. The monoisotopic (exact) mass is 488 g/mol. The second-order valence-corrected chi connectivity index (χ2v) is 9.23. The number of aliphatic hydroxyl groups excluding tert-OH is 1. The summed E-state index contributed by atoms with van der Waals surface area (Å²) in [5.74, 6) is -5.43. The van der Waals surface area contributed by atoms with Crippen LogP contribution in [0.1, 0.15) is 40.7 Å². The van der Waals surface area contributed by atoms with Crippen LogP contribution in [0.4, 0.5) is 18.9 Å². The van der Waals surface area contributed by atoms with Gasteiger partial charge in [0.25, 0.3) is 17.4 Å². The molecule has 0 bridgehead atoms. The molecule has 1 saturated carbocycles. The molecule has 0 spiro atoms. The molecule has 1 aliphatic heterocycles. The largest absolute Gasteiger partial charge is 0.505 e. The number of aliphatic hydroxyl groups is 1. The fourth-order valence-electron chi connectivity index (χ4n) is 4.67. The van der Waals surface area contributed by atoms with Crippen LogP contribution in [0.5, 0.6) is 5.75 Å². The van der Waals surface area contributed by atoms with Gasteiger partial charge in [-0.25, -0.2) is 13.2 Å². The lowest BCUT2D eigenvalue weighted by Crippen LogP contribution is -2.57. The van der Waals surface area contributed by atoms with E-state index in [-0.39, 0.29) is 29.7 Å². The Kier molecular flexibility index (Phi) is 5.47. The summed E-state index contributed by atoms with van der Waals surface area (Å²) in [6.45, 7) is -2.15. The van der Waals surface area contributed by atoms with Crippen molar-refractivity contribution in [2.24, 2.45) is 0 Å². The van der Waals surface area contributed by atoms with Crippen LogP contribution in [0.15, 0.2) is 35.3 Å². The number of halogens is 3. The Balaban J connectivity index is 1.67. The quantitative estimate of drug-likeness (QED) is 0.439. The highest BCUT2D eigenvalue weighted by Crippen LogP contribution is 2.37. The van der Waals surface area contributed by atoms with Gasteiger partial charge in [0.05, 0.1) is 36.4 Å². The summed E-state index contributed by atoms with van der Waals surface area (Å²) < 4.78 is 43.4. The molecule has 3 aromatic rings. The van der Waals surface area contributed by atoms with E-state index in [4.69, 9.17) is 0 Å². The Morgan fingerprint density at radius 1 is 1.23 bits per heavy atom. The molecule has 1 aliphatic carbocycles. The molecule has 184 valence electrons. The Morgan fingerprint density at radius 2 is 1.94 bits per heavy atom. The SMILES string of the molecule is O=C(NC1(CO)CCC1)c1c(O)c2ncc(Cc3ccc(F)cc3)c3c2n(c1=O)CC(F)(F)CN3. The highest BCUT2D eigenvalue weighted by Gasteiger charge is 2.41. The first-order valence-electron chi connectivity index (χ1n) is 11.2. The Bertz CT molecular complexity index is 1380. The van der Waals surface area contributed by atoms with Gasteiger partial charge in [-0.2, -0.15) is 0 Å². The van der Waals surface area contributed by atoms with Crippen molar-refractivity contribution in [2.45, 2.75) is 43.7 Å². The molecule has 0 unspecified atom stereocenters. The number of rotatable bonds is 5. The standard InChI is InChI=1S/C24H23F3N4O4/c25-15-4-2-13(3-5-15)8-14-9-28-18-19-17(14)29-10-24(26,27)11-31(19)22(35)16(20(18)33)21(34)30-23(12-32)6-1-7-23/h2-5,9,29,32-33H,1,6-8,10-12H2,(H,30,34). The van der Waals surface area contributed by atoms with Gasteiger partial charge in [0.1, 0.15) is 16.9 Å². The molecule has 8 nitrogen and oxygen atoms in total. The maximum Gasteiger partial charge on any atom is 0.282 e. The zero-order valence-electron chi connectivity index (χ0n) is 18.6. The topological polar surface area (TPSA) is 116 Å². The summed E-state index contributed by atoms with van der Waals surface area (Å²) in [7, 11) is 0. The number of nitrogens with zero attached hydrogens (tertiary/aromatic N) is 2. The molecule has 1 fully saturated rings. The first-order chi connectivity index (χ1) is 16.6. The maximum atomic E-state index is 14.7. The molecule has 3 heterocycles. The Morgan fingerprint density at radius 3 is 2.57 bits per heavy atom. The summed E-state index contributed by atoms with van der Waals surface area (Å²) in [5, 5.41) is 25.8. The number of hydrogen-bond donors (Lipinski definition) is 4. The second kappa shape index (κ2) is 8.26. The van der Waals surface area contributed by atoms with Gasteiger partial charge >= 0.3 is 0 Å². The molecule has 0 radical (unpaired) electrons. The van der Waals surface area contributed by atoms with Crippen LogP contribution in [-0.2, 0) is 13.0 Å². The smallest absolute Gasteiger partial charge is 0.282 e. The van der Waals surface area contributed by atoms with E-state index in [0.29, 0.717) is 24.0 Å². The van der Waals surface area contributed by atoms with Gasteiger partial charge in [-0.15, -0.1) is 0 Å². The van der Waals surface area contributed by atoms with Crippen molar-refractivity contribution >= 4 is 22.6 Å². The summed E-state index contributed by atoms with van der Waals surface area (Å²) in [5.41, 5.74) is -1.57. The molecule has 5 rings (SSSR count). The van der Waals surface area contributed by atoms with Crippen molar-refractivity contribution in [2.75, 3.05) is 18.5 Å². The number of amides is 1. The number of aromatic nitrogens is 2. The number of pyridine rings is 2. The summed E-state index contributed by atoms with van der Waals surface area (Å²) in [6, 6.07) is 5.65. The van der Waals surface area contributed by atoms with Crippen molar-refractivity contribution < 1.29 is 28.2 Å². The van der Waals surface area contributed by atoms with Crippen molar-refractivity contribution in [3.8, 4) is 5.75 Å². The number of hydrogen-bond acceptors (Lipinski definition) is 6. The average molecular weight is 488 g/mol. The minimum atomic E-state index is -3.34. The number of nitrogens with one attached hydrogen (secondary N) is 2. The highest BCUT2D eigenvalue weighted by molar-refractivity contribution is 6.04. The molecule has 0 atom stereocenters. The number of aromatic hydroxyl groups is 1.